The van der Waals surface area contributed by atoms with E-state index in [-0.39, 0.29) is 17.7 Å². The van der Waals surface area contributed by atoms with Crippen LogP contribution in [0.15, 0.2) is 69.5 Å². The molecule has 6 rings (SSSR count). The highest BCUT2D eigenvalue weighted by Crippen LogP contribution is 2.37. The van der Waals surface area contributed by atoms with Gasteiger partial charge in [0.1, 0.15) is 0 Å². The first-order valence-corrected chi connectivity index (χ1v) is 13.2. The first-order valence-electron chi connectivity index (χ1n) is 9.60. The lowest BCUT2D eigenvalue weighted by atomic mass is 10.1. The fourth-order valence-electron chi connectivity index (χ4n) is 3.68. The number of hydrazone groups is 1. The van der Waals surface area contributed by atoms with Gasteiger partial charge in [-0.05, 0) is 35.0 Å². The van der Waals surface area contributed by atoms with Crippen molar-refractivity contribution in [2.45, 2.75) is 17.6 Å². The number of carbonyl (C=O) groups excluding carboxylic acids is 1. The van der Waals surface area contributed by atoms with Gasteiger partial charge in [0.25, 0.3) is 5.91 Å². The van der Waals surface area contributed by atoms with Gasteiger partial charge in [0, 0.05) is 11.3 Å². The van der Waals surface area contributed by atoms with Crippen LogP contribution in [-0.4, -0.2) is 37.0 Å². The van der Waals surface area contributed by atoms with Crippen LogP contribution in [0.3, 0.4) is 0 Å². The van der Waals surface area contributed by atoms with Crippen LogP contribution in [0.5, 0.6) is 0 Å². The molecule has 1 aromatic carbocycles. The Morgan fingerprint density at radius 2 is 1.94 bits per heavy atom. The van der Waals surface area contributed by atoms with Crippen LogP contribution < -0.4 is 0 Å². The van der Waals surface area contributed by atoms with Gasteiger partial charge in [0.05, 0.1) is 32.6 Å². The molecular weight excluding hydrogens is 467 g/mol. The average Bonchev–Trinajstić information content (AvgIpc) is 3.58. The van der Waals surface area contributed by atoms with E-state index in [4.69, 9.17) is 5.10 Å². The summed E-state index contributed by atoms with van der Waals surface area (Å²) in [6, 6.07) is 16.3. The summed E-state index contributed by atoms with van der Waals surface area (Å²) in [7, 11) is 0. The molecule has 0 fully saturated rings. The lowest BCUT2D eigenvalue weighted by molar-refractivity contribution is -0.130. The van der Waals surface area contributed by atoms with Crippen molar-refractivity contribution in [3.63, 3.8) is 0 Å². The molecule has 6 nitrogen and oxygen atoms in total. The second-order valence-electron chi connectivity index (χ2n) is 6.96. The Morgan fingerprint density at radius 3 is 2.77 bits per heavy atom. The Bertz CT molecular complexity index is 1400. The van der Waals surface area contributed by atoms with Gasteiger partial charge in [-0.25, -0.2) is 5.01 Å². The van der Waals surface area contributed by atoms with Gasteiger partial charge in [-0.15, -0.1) is 32.9 Å². The number of fused-ring (bicyclic) bond motifs is 3. The molecule has 0 radical (unpaired) electrons. The van der Waals surface area contributed by atoms with Crippen molar-refractivity contribution in [3.8, 4) is 0 Å². The smallest absolute Gasteiger partial charge is 0.253 e. The van der Waals surface area contributed by atoms with E-state index >= 15 is 0 Å². The van der Waals surface area contributed by atoms with E-state index in [1.807, 2.05) is 39.4 Å². The minimum absolute atomic E-state index is 0.0220. The van der Waals surface area contributed by atoms with E-state index in [0.717, 1.165) is 42.2 Å². The number of hydrogen-bond donors (Lipinski definition) is 0. The van der Waals surface area contributed by atoms with Crippen molar-refractivity contribution < 1.29 is 4.79 Å². The number of carbonyl (C=O) groups is 1. The van der Waals surface area contributed by atoms with Crippen molar-refractivity contribution in [3.05, 3.63) is 69.0 Å². The number of hydrogen-bond acceptors (Lipinski definition) is 8. The highest BCUT2D eigenvalue weighted by molar-refractivity contribution is 7.99. The van der Waals surface area contributed by atoms with Crippen LogP contribution in [0, 0.1) is 0 Å². The molecule has 4 aromatic heterocycles. The van der Waals surface area contributed by atoms with E-state index in [2.05, 4.69) is 34.5 Å². The van der Waals surface area contributed by atoms with Crippen molar-refractivity contribution in [2.75, 3.05) is 5.75 Å². The summed E-state index contributed by atoms with van der Waals surface area (Å²) in [5.74, 6) is 0.236. The number of amides is 1. The molecule has 31 heavy (non-hydrogen) atoms. The minimum atomic E-state index is -0.0504. The van der Waals surface area contributed by atoms with Crippen LogP contribution >= 0.6 is 45.8 Å². The van der Waals surface area contributed by atoms with Crippen LogP contribution in [-0.2, 0) is 4.79 Å². The predicted octanol–water partition coefficient (Wildman–Crippen LogP) is 5.54. The third-order valence-electron chi connectivity index (χ3n) is 5.08. The monoisotopic (exact) mass is 481 g/mol. The molecular formula is C21H15N5OS4. The van der Waals surface area contributed by atoms with Crippen molar-refractivity contribution >= 4 is 72.6 Å². The highest BCUT2D eigenvalue weighted by Gasteiger charge is 2.34. The number of aromatic nitrogens is 3. The zero-order valence-electron chi connectivity index (χ0n) is 16.0. The second-order valence-corrected chi connectivity index (χ2v) is 10.8. The van der Waals surface area contributed by atoms with Gasteiger partial charge >= 0.3 is 0 Å². The number of thiazole rings is 1. The topological polar surface area (TPSA) is 62.9 Å². The summed E-state index contributed by atoms with van der Waals surface area (Å²) in [5, 5.41) is 19.8. The number of thiophene rings is 2. The van der Waals surface area contributed by atoms with E-state index in [0.29, 0.717) is 0 Å². The van der Waals surface area contributed by atoms with Crippen LogP contribution in [0.1, 0.15) is 22.2 Å². The molecule has 0 aliphatic carbocycles. The van der Waals surface area contributed by atoms with E-state index in [1.165, 1.54) is 11.8 Å². The van der Waals surface area contributed by atoms with Gasteiger partial charge in [0.2, 0.25) is 4.96 Å². The van der Waals surface area contributed by atoms with E-state index < -0.39 is 0 Å². The second kappa shape index (κ2) is 7.86. The zero-order chi connectivity index (χ0) is 20.8. The number of para-hydroxylation sites is 1. The van der Waals surface area contributed by atoms with Gasteiger partial charge in [-0.3, -0.25) is 9.20 Å². The molecule has 0 N–H and O–H groups in total. The molecule has 1 amide bonds. The molecule has 154 valence electrons. The standard InChI is InChI=1S/C21H15N5OS4/c27-19(12-30-20-22-23-21-25(20)14-5-1-2-6-18(14)31-21)26-15(17-8-4-10-29-17)11-13(24-26)16-7-3-9-28-16/h1-10,15H,11-12H2/t15-/m1/s1. The Hall–Kier alpha value is -2.53. The van der Waals surface area contributed by atoms with Crippen LogP contribution in [0.25, 0.3) is 15.2 Å². The summed E-state index contributed by atoms with van der Waals surface area (Å²) in [5.41, 5.74) is 2.04. The molecule has 10 heteroatoms. The number of benzene rings is 1. The maximum Gasteiger partial charge on any atom is 0.253 e. The fourth-order valence-corrected chi connectivity index (χ4v) is 7.03. The number of nitrogens with zero attached hydrogens (tertiary/aromatic N) is 5. The Balaban J connectivity index is 1.27. The largest absolute Gasteiger partial charge is 0.272 e. The van der Waals surface area contributed by atoms with E-state index in [9.17, 15) is 4.79 Å². The number of rotatable bonds is 5. The summed E-state index contributed by atoms with van der Waals surface area (Å²) < 4.78 is 3.18. The first kappa shape index (κ1) is 19.2. The zero-order valence-corrected chi connectivity index (χ0v) is 19.3. The molecule has 5 heterocycles. The molecule has 1 aliphatic rings. The molecule has 0 saturated heterocycles. The Labute approximate surface area is 193 Å². The first-order chi connectivity index (χ1) is 15.3. The lowest BCUT2D eigenvalue weighted by Crippen LogP contribution is -2.28. The summed E-state index contributed by atoms with van der Waals surface area (Å²) in [6.07, 6.45) is 0.738. The van der Waals surface area contributed by atoms with E-state index in [1.54, 1.807) is 39.0 Å². The van der Waals surface area contributed by atoms with Gasteiger partial charge < -0.3 is 0 Å². The summed E-state index contributed by atoms with van der Waals surface area (Å²) >= 11 is 6.33. The summed E-state index contributed by atoms with van der Waals surface area (Å²) in [6.45, 7) is 0. The quantitative estimate of drug-likeness (QED) is 0.309. The van der Waals surface area contributed by atoms with Gasteiger partial charge in [0.15, 0.2) is 5.16 Å². The molecule has 5 aromatic rings. The molecule has 0 bridgehead atoms. The SMILES string of the molecule is O=C(CSc1nnc2sc3ccccc3n12)N1N=C(c2cccs2)C[C@@H]1c1cccs1. The molecule has 0 saturated carbocycles. The van der Waals surface area contributed by atoms with Gasteiger partial charge in [-0.2, -0.15) is 5.10 Å². The van der Waals surface area contributed by atoms with Crippen molar-refractivity contribution in [1.82, 2.24) is 19.6 Å². The Kier molecular flexibility index (Phi) is 4.87. The highest BCUT2D eigenvalue weighted by atomic mass is 32.2. The molecule has 0 unspecified atom stereocenters. The molecule has 0 spiro atoms. The maximum atomic E-state index is 13.3. The van der Waals surface area contributed by atoms with Gasteiger partial charge in [-0.1, -0.05) is 47.4 Å². The minimum Gasteiger partial charge on any atom is -0.272 e. The summed E-state index contributed by atoms with van der Waals surface area (Å²) in [4.78, 5) is 16.4. The average molecular weight is 482 g/mol. The molecule has 1 aliphatic heterocycles. The Morgan fingerprint density at radius 1 is 1.06 bits per heavy atom. The third kappa shape index (κ3) is 3.39. The number of thioether (sulfide) groups is 1. The normalized spacial score (nSPS) is 16.5. The third-order valence-corrected chi connectivity index (χ3v) is 8.90. The van der Waals surface area contributed by atoms with Crippen LogP contribution in [0.2, 0.25) is 0 Å². The van der Waals surface area contributed by atoms with Crippen molar-refractivity contribution in [1.29, 1.82) is 0 Å². The maximum absolute atomic E-state index is 13.3. The predicted molar refractivity (Wildman–Crippen MR) is 128 cm³/mol. The lowest BCUT2D eigenvalue weighted by Gasteiger charge is -2.20. The molecule has 1 atom stereocenters. The fraction of sp³-hybridized carbons (Fsp3) is 0.143. The van der Waals surface area contributed by atoms with Crippen molar-refractivity contribution in [2.24, 2.45) is 5.10 Å². The van der Waals surface area contributed by atoms with Crippen LogP contribution in [0.4, 0.5) is 0 Å².